The van der Waals surface area contributed by atoms with Crippen molar-refractivity contribution in [3.8, 4) is 0 Å². The number of carbonyl (C=O) groups is 5. The number of aryl methyl sites for hydroxylation is 2. The summed E-state index contributed by atoms with van der Waals surface area (Å²) in [6.07, 6.45) is 0. The van der Waals surface area contributed by atoms with Crippen LogP contribution in [0.4, 0.5) is 38.9 Å². The second kappa shape index (κ2) is 25.0. The quantitative estimate of drug-likeness (QED) is 0.0484. The maximum atomic E-state index is 13.7. The summed E-state index contributed by atoms with van der Waals surface area (Å²) in [5.41, 5.74) is -0.385. The Balaban J connectivity index is 0.0000108. The van der Waals surface area contributed by atoms with Crippen molar-refractivity contribution >= 4 is 146 Å². The third kappa shape index (κ3) is 15.4. The van der Waals surface area contributed by atoms with Crippen LogP contribution in [0.15, 0.2) is 163 Å². The Labute approximate surface area is 535 Å². The fourth-order valence-corrected chi connectivity index (χ4v) is 12.6. The molecule has 448 valence electrons. The fourth-order valence-electron chi connectivity index (χ4n) is 8.50. The second-order valence-corrected chi connectivity index (χ2v) is 26.8. The van der Waals surface area contributed by atoms with Crippen molar-refractivity contribution in [1.82, 2.24) is 0 Å². The molecule has 0 atom stereocenters. The minimum Gasteiger partial charge on any atom is -0.322 e. The van der Waals surface area contributed by atoms with Gasteiger partial charge < -0.3 is 31.9 Å². The van der Waals surface area contributed by atoms with Crippen LogP contribution in [0.25, 0.3) is 21.5 Å². The van der Waals surface area contributed by atoms with E-state index in [0.717, 1.165) is 12.1 Å². The maximum Gasteiger partial charge on any atom is 1.00 e. The Morgan fingerprint density at radius 1 is 0.322 bits per heavy atom. The Hall–Kier alpha value is -7.47. The molecule has 0 radical (unpaired) electrons. The minimum absolute atomic E-state index is 0. The zero-order valence-corrected chi connectivity index (χ0v) is 52.3. The molecule has 0 fully saturated rings. The van der Waals surface area contributed by atoms with Crippen LogP contribution in [0.3, 0.4) is 0 Å². The average Bonchev–Trinajstić information content (AvgIpc) is 0.808. The third-order valence-electron chi connectivity index (χ3n) is 12.5. The molecular weight excluding hydrogens is 1300 g/mol. The van der Waals surface area contributed by atoms with Crippen molar-refractivity contribution in [2.45, 2.75) is 43.2 Å². The van der Waals surface area contributed by atoms with Gasteiger partial charge in [0.2, 0.25) is 0 Å². The van der Waals surface area contributed by atoms with Crippen LogP contribution < -0.4 is 83.3 Å². The molecule has 0 heterocycles. The molecule has 6 amide bonds. The van der Waals surface area contributed by atoms with Gasteiger partial charge in [0.05, 0.1) is 21.2 Å². The first kappa shape index (κ1) is 67.0. The number of amides is 6. The van der Waals surface area contributed by atoms with Gasteiger partial charge in [-0.25, -0.2) is 4.79 Å². The Morgan fingerprint density at radius 2 is 0.632 bits per heavy atom. The van der Waals surface area contributed by atoms with Gasteiger partial charge in [0, 0.05) is 66.5 Å². The SMILES string of the molecule is Cc1ccc(C(=O)Nc2ccc(S(=O)(=O)O)c3cc(S(=O)(=O)O)cc(S(=O)(=O)O)c23)cc1NC(=O)c1cccc(NC(=O)Nc2cccc(C(=O)Nc3cc(C(=O)Nc4ccc(S(=O)(=O)O)c5cc(S(=O)(=O)O)cc(S(=O)(=O)O)c45)ccc3C)c2)c1.[K+]. The van der Waals surface area contributed by atoms with Crippen LogP contribution in [0.1, 0.15) is 52.6 Å². The van der Waals surface area contributed by atoms with Gasteiger partial charge in [0.1, 0.15) is 19.6 Å². The molecule has 8 rings (SSSR count). The number of fused-ring (bicyclic) bond motifs is 2. The van der Waals surface area contributed by atoms with Crippen molar-refractivity contribution in [1.29, 1.82) is 0 Å². The Bertz CT molecular complexity index is 4720. The van der Waals surface area contributed by atoms with E-state index in [1.807, 2.05) is 0 Å². The summed E-state index contributed by atoms with van der Waals surface area (Å²) in [6, 6.07) is 22.6. The maximum absolute atomic E-state index is 13.7. The second-order valence-electron chi connectivity index (χ2n) is 18.4. The number of rotatable bonds is 16. The fraction of sp³-hybridized carbons (Fsp3) is 0.0392. The number of hydrogen-bond acceptors (Lipinski definition) is 17. The van der Waals surface area contributed by atoms with E-state index in [1.165, 1.54) is 84.9 Å². The van der Waals surface area contributed by atoms with Gasteiger partial charge in [-0.05, 0) is 134 Å². The van der Waals surface area contributed by atoms with Crippen LogP contribution in [0.2, 0.25) is 0 Å². The van der Waals surface area contributed by atoms with Gasteiger partial charge >= 0.3 is 57.4 Å². The predicted octanol–water partition coefficient (Wildman–Crippen LogP) is 3.75. The third-order valence-corrected chi connectivity index (χ3v) is 17.7. The summed E-state index contributed by atoms with van der Waals surface area (Å²) < 4.78 is 206. The summed E-state index contributed by atoms with van der Waals surface area (Å²) >= 11 is 0. The Kier molecular flexibility index (Phi) is 19.2. The topological polar surface area (TPSA) is 484 Å². The first-order valence-electron chi connectivity index (χ1n) is 23.6. The van der Waals surface area contributed by atoms with E-state index in [0.29, 0.717) is 47.5 Å². The van der Waals surface area contributed by atoms with Gasteiger partial charge in [-0.1, -0.05) is 24.3 Å². The summed E-state index contributed by atoms with van der Waals surface area (Å²) in [7, 11) is -31.9. The normalized spacial score (nSPS) is 12.1. The molecule has 36 heteroatoms. The van der Waals surface area contributed by atoms with Crippen molar-refractivity contribution in [2.75, 3.05) is 31.9 Å². The number of carbonyl (C=O) groups excluding carboxylic acids is 5. The van der Waals surface area contributed by atoms with Gasteiger partial charge in [0.25, 0.3) is 84.3 Å². The van der Waals surface area contributed by atoms with Gasteiger partial charge in [-0.15, -0.1) is 0 Å². The molecular formula is C51H40KN6O23S6+. The molecule has 0 aliphatic carbocycles. The molecule has 87 heavy (non-hydrogen) atoms. The molecule has 29 nitrogen and oxygen atoms in total. The van der Waals surface area contributed by atoms with E-state index in [9.17, 15) is 102 Å². The van der Waals surface area contributed by atoms with E-state index in [4.69, 9.17) is 0 Å². The number of benzene rings is 8. The van der Waals surface area contributed by atoms with Gasteiger partial charge in [0.15, 0.2) is 0 Å². The molecule has 0 aliphatic heterocycles. The van der Waals surface area contributed by atoms with E-state index in [2.05, 4.69) is 31.9 Å². The molecule has 0 bridgehead atoms. The number of hydrogen-bond donors (Lipinski definition) is 12. The van der Waals surface area contributed by atoms with Gasteiger partial charge in [-0.3, -0.25) is 46.5 Å². The van der Waals surface area contributed by atoms with Gasteiger partial charge in [-0.2, -0.15) is 50.5 Å². The number of urea groups is 1. The average molecular weight is 1340 g/mol. The summed E-state index contributed by atoms with van der Waals surface area (Å²) in [5, 5.41) is 11.8. The summed E-state index contributed by atoms with van der Waals surface area (Å²) in [4.78, 5) is 60.8. The largest absolute Gasteiger partial charge is 1.00 e. The molecule has 0 saturated heterocycles. The van der Waals surface area contributed by atoms with Crippen LogP contribution >= 0.6 is 0 Å². The van der Waals surface area contributed by atoms with Crippen molar-refractivity contribution < 1.29 is 153 Å². The van der Waals surface area contributed by atoms with E-state index in [1.54, 1.807) is 13.8 Å². The van der Waals surface area contributed by atoms with Crippen LogP contribution in [-0.2, 0) is 60.7 Å². The molecule has 0 spiro atoms. The Morgan fingerprint density at radius 3 is 0.943 bits per heavy atom. The van der Waals surface area contributed by atoms with Crippen molar-refractivity contribution in [3.05, 3.63) is 167 Å². The molecule has 0 aliphatic rings. The molecule has 12 N–H and O–H groups in total. The van der Waals surface area contributed by atoms with Crippen molar-refractivity contribution in [2.24, 2.45) is 0 Å². The molecule has 0 saturated carbocycles. The van der Waals surface area contributed by atoms with Crippen LogP contribution in [0, 0.1) is 13.8 Å². The molecule has 8 aromatic carbocycles. The first-order chi connectivity index (χ1) is 39.8. The zero-order chi connectivity index (χ0) is 63.4. The molecule has 8 aromatic rings. The van der Waals surface area contributed by atoms with E-state index >= 15 is 0 Å². The number of nitrogens with one attached hydrogen (secondary N) is 6. The summed E-state index contributed by atoms with van der Waals surface area (Å²) in [6.45, 7) is 3.12. The van der Waals surface area contributed by atoms with E-state index < -0.39 is 153 Å². The zero-order valence-electron chi connectivity index (χ0n) is 44.3. The first-order valence-corrected chi connectivity index (χ1v) is 32.2. The smallest absolute Gasteiger partial charge is 0.322 e. The summed E-state index contributed by atoms with van der Waals surface area (Å²) in [5.74, 6) is -3.56. The van der Waals surface area contributed by atoms with Crippen LogP contribution in [-0.4, -0.2) is 107 Å². The predicted molar refractivity (Wildman–Crippen MR) is 306 cm³/mol. The number of anilines is 6. The molecule has 0 unspecified atom stereocenters. The monoisotopic (exact) mass is 1340 g/mol. The standard InChI is InChI=1S/C51H40N6O23S6.K/c1-25-9-11-29(49(60)54-37-13-15-41(83(69,70)71)35-21-33(81(63,64)65)23-43(45(35)37)85(75,76)77)19-39(25)56-47(58)27-5-3-7-31(17-27)52-51(62)53-32-8-4-6-28(18-32)48(59)57-40-20-30(12-10-26(40)2)50(61)55-38-14-16-42(84(72,73)74)36-22-34(82(66,67)68)24-44(46(36)38)86(78,79)80;/h3-24H,1-2H3,(H,54,60)(H,55,61)(H,56,58)(H,57,59)(H2,52,53,62)(H,63,64,65)(H,66,67,68)(H,69,70,71)(H,72,73,74)(H,75,76,77)(H,78,79,80);/q;+1. The minimum atomic E-state index is -5.45. The van der Waals surface area contributed by atoms with E-state index in [-0.39, 0.29) is 96.4 Å². The van der Waals surface area contributed by atoms with Crippen molar-refractivity contribution in [3.63, 3.8) is 0 Å². The van der Waals surface area contributed by atoms with Crippen LogP contribution in [0.5, 0.6) is 0 Å². The molecule has 0 aromatic heterocycles.